The van der Waals surface area contributed by atoms with Gasteiger partial charge in [-0.3, -0.25) is 0 Å². The summed E-state index contributed by atoms with van der Waals surface area (Å²) >= 11 is 0. The van der Waals surface area contributed by atoms with Crippen molar-refractivity contribution in [2.24, 2.45) is 0 Å². The zero-order valence-corrected chi connectivity index (χ0v) is 3.82. The SMILES string of the molecule is FC=CC(F)C(F)F. The van der Waals surface area contributed by atoms with Gasteiger partial charge in [0, 0.05) is 0 Å². The van der Waals surface area contributed by atoms with Crippen LogP contribution in [0, 0.1) is 0 Å². The second-order valence-corrected chi connectivity index (χ2v) is 1.10. The fourth-order valence-electron chi connectivity index (χ4n) is 0.153. The Labute approximate surface area is 43.8 Å². The minimum absolute atomic E-state index is 0.157. The highest BCUT2D eigenvalue weighted by molar-refractivity contribution is 4.83. The maximum Gasteiger partial charge on any atom is 0.272 e. The van der Waals surface area contributed by atoms with Crippen LogP contribution in [0.5, 0.6) is 0 Å². The second kappa shape index (κ2) is 3.46. The molecule has 0 saturated heterocycles. The third-order valence-electron chi connectivity index (χ3n) is 0.497. The highest BCUT2D eigenvalue weighted by atomic mass is 19.3. The van der Waals surface area contributed by atoms with Gasteiger partial charge in [0.1, 0.15) is 0 Å². The largest absolute Gasteiger partial charge is 0.272 e. The molecule has 0 saturated carbocycles. The molecule has 0 aliphatic carbocycles. The van der Waals surface area contributed by atoms with Gasteiger partial charge in [0.15, 0.2) is 6.17 Å². The van der Waals surface area contributed by atoms with Crippen molar-refractivity contribution in [1.82, 2.24) is 0 Å². The molecule has 0 aromatic carbocycles. The molecule has 8 heavy (non-hydrogen) atoms. The molecule has 0 aliphatic rings. The summed E-state index contributed by atoms with van der Waals surface area (Å²) in [7, 11) is 0. The van der Waals surface area contributed by atoms with Gasteiger partial charge in [0.2, 0.25) is 0 Å². The molecular formula is C4H4F4. The summed E-state index contributed by atoms with van der Waals surface area (Å²) in [5, 5.41) is 0. The molecule has 0 rings (SSSR count). The molecule has 1 unspecified atom stereocenters. The fourth-order valence-corrected chi connectivity index (χ4v) is 0.153. The van der Waals surface area contributed by atoms with Gasteiger partial charge in [-0.15, -0.1) is 0 Å². The maximum atomic E-state index is 11.4. The zero-order valence-electron chi connectivity index (χ0n) is 3.82. The van der Waals surface area contributed by atoms with Crippen molar-refractivity contribution in [2.45, 2.75) is 12.6 Å². The van der Waals surface area contributed by atoms with E-state index in [2.05, 4.69) is 0 Å². The van der Waals surface area contributed by atoms with E-state index in [-0.39, 0.29) is 12.4 Å². The van der Waals surface area contributed by atoms with Crippen LogP contribution in [-0.2, 0) is 0 Å². The standard InChI is InChI=1S/C4H4F4/c5-2-1-3(6)4(7)8/h1-4H. The lowest BCUT2D eigenvalue weighted by atomic mass is 10.4. The van der Waals surface area contributed by atoms with Gasteiger partial charge in [0.05, 0.1) is 6.33 Å². The molecule has 0 spiro atoms. The highest BCUT2D eigenvalue weighted by Crippen LogP contribution is 2.05. The summed E-state index contributed by atoms with van der Waals surface area (Å²) in [5.41, 5.74) is 0. The van der Waals surface area contributed by atoms with Crippen LogP contribution in [0.4, 0.5) is 17.6 Å². The first-order chi connectivity index (χ1) is 3.68. The molecule has 0 amide bonds. The maximum absolute atomic E-state index is 11.4. The molecule has 0 N–H and O–H groups in total. The van der Waals surface area contributed by atoms with Crippen molar-refractivity contribution in [1.29, 1.82) is 0 Å². The van der Waals surface area contributed by atoms with Crippen molar-refractivity contribution in [3.05, 3.63) is 12.4 Å². The number of hydrogen-bond donors (Lipinski definition) is 0. The van der Waals surface area contributed by atoms with Gasteiger partial charge in [-0.1, -0.05) is 0 Å². The predicted octanol–water partition coefficient (Wildman–Crippen LogP) is 2.07. The lowest BCUT2D eigenvalue weighted by molar-refractivity contribution is 0.0745. The fraction of sp³-hybridized carbons (Fsp3) is 0.500. The van der Waals surface area contributed by atoms with Gasteiger partial charge in [-0.05, 0) is 6.08 Å². The van der Waals surface area contributed by atoms with Crippen molar-refractivity contribution >= 4 is 0 Å². The summed E-state index contributed by atoms with van der Waals surface area (Å²) in [6, 6.07) is 0. The number of rotatable bonds is 2. The molecular weight excluding hydrogens is 124 g/mol. The van der Waals surface area contributed by atoms with Crippen molar-refractivity contribution in [2.75, 3.05) is 0 Å². The van der Waals surface area contributed by atoms with Crippen LogP contribution in [0.25, 0.3) is 0 Å². The minimum Gasteiger partial charge on any atom is -0.237 e. The molecule has 0 radical (unpaired) electrons. The molecule has 0 aliphatic heterocycles. The number of allylic oxidation sites excluding steroid dienone is 1. The molecule has 0 aromatic heterocycles. The van der Waals surface area contributed by atoms with Crippen molar-refractivity contribution < 1.29 is 17.6 Å². The smallest absolute Gasteiger partial charge is 0.237 e. The minimum atomic E-state index is -3.12. The molecule has 0 bridgehead atoms. The van der Waals surface area contributed by atoms with E-state index < -0.39 is 12.6 Å². The van der Waals surface area contributed by atoms with E-state index in [4.69, 9.17) is 0 Å². The van der Waals surface area contributed by atoms with Crippen LogP contribution < -0.4 is 0 Å². The Morgan fingerprint density at radius 3 is 1.75 bits per heavy atom. The lowest BCUT2D eigenvalue weighted by Gasteiger charge is -1.95. The van der Waals surface area contributed by atoms with E-state index in [1.807, 2.05) is 0 Å². The quantitative estimate of drug-likeness (QED) is 0.499. The molecule has 4 heteroatoms. The molecule has 48 valence electrons. The van der Waals surface area contributed by atoms with Crippen LogP contribution in [0.3, 0.4) is 0 Å². The summed E-state index contributed by atoms with van der Waals surface area (Å²) in [6.45, 7) is 0. The van der Waals surface area contributed by atoms with E-state index >= 15 is 0 Å². The summed E-state index contributed by atoms with van der Waals surface area (Å²) in [5.74, 6) is 0. The van der Waals surface area contributed by atoms with E-state index in [0.717, 1.165) is 0 Å². The normalized spacial score (nSPS) is 15.6. The topological polar surface area (TPSA) is 0 Å². The molecule has 0 nitrogen and oxygen atoms in total. The third-order valence-corrected chi connectivity index (χ3v) is 0.497. The highest BCUT2D eigenvalue weighted by Gasteiger charge is 2.14. The Bertz CT molecular complexity index is 78.1. The number of halogens is 4. The van der Waals surface area contributed by atoms with E-state index in [1.165, 1.54) is 0 Å². The van der Waals surface area contributed by atoms with E-state index in [0.29, 0.717) is 0 Å². The first kappa shape index (κ1) is 7.46. The Morgan fingerprint density at radius 1 is 1.12 bits per heavy atom. The lowest BCUT2D eigenvalue weighted by Crippen LogP contribution is -2.07. The predicted molar refractivity (Wildman–Crippen MR) is 21.1 cm³/mol. The van der Waals surface area contributed by atoms with E-state index in [1.54, 1.807) is 0 Å². The molecule has 1 atom stereocenters. The molecule has 0 fully saturated rings. The van der Waals surface area contributed by atoms with Crippen LogP contribution in [0.1, 0.15) is 0 Å². The van der Waals surface area contributed by atoms with Gasteiger partial charge < -0.3 is 0 Å². The van der Waals surface area contributed by atoms with Gasteiger partial charge in [-0.25, -0.2) is 17.6 Å². The van der Waals surface area contributed by atoms with Gasteiger partial charge in [-0.2, -0.15) is 0 Å². The van der Waals surface area contributed by atoms with Gasteiger partial charge >= 0.3 is 0 Å². The third kappa shape index (κ3) is 2.60. The van der Waals surface area contributed by atoms with Crippen molar-refractivity contribution in [3.8, 4) is 0 Å². The zero-order chi connectivity index (χ0) is 6.57. The van der Waals surface area contributed by atoms with E-state index in [9.17, 15) is 17.6 Å². The number of alkyl halides is 3. The van der Waals surface area contributed by atoms with Crippen LogP contribution in [-0.4, -0.2) is 12.6 Å². The van der Waals surface area contributed by atoms with Crippen LogP contribution in [0.15, 0.2) is 12.4 Å². The van der Waals surface area contributed by atoms with Crippen LogP contribution in [0.2, 0.25) is 0 Å². The Hall–Kier alpha value is -0.540. The van der Waals surface area contributed by atoms with Crippen molar-refractivity contribution in [3.63, 3.8) is 0 Å². The Kier molecular flexibility index (Phi) is 3.23. The average molecular weight is 128 g/mol. The Balaban J connectivity index is 3.47. The first-order valence-corrected chi connectivity index (χ1v) is 1.87. The monoisotopic (exact) mass is 128 g/mol. The second-order valence-electron chi connectivity index (χ2n) is 1.10. The van der Waals surface area contributed by atoms with Crippen LogP contribution >= 0.6 is 0 Å². The summed E-state index contributed by atoms with van der Waals surface area (Å²) in [4.78, 5) is 0. The van der Waals surface area contributed by atoms with Gasteiger partial charge in [0.25, 0.3) is 6.43 Å². The number of hydrogen-bond acceptors (Lipinski definition) is 0. The average Bonchev–Trinajstić information content (AvgIpc) is 1.67. The molecule has 0 aromatic rings. The Morgan fingerprint density at radius 2 is 1.62 bits per heavy atom. The summed E-state index contributed by atoms with van der Waals surface area (Å²) < 4.78 is 44.3. The first-order valence-electron chi connectivity index (χ1n) is 1.87. The summed E-state index contributed by atoms with van der Waals surface area (Å²) in [6.07, 6.45) is -5.68. The molecule has 0 heterocycles.